The zero-order valence-electron chi connectivity index (χ0n) is 11.8. The first-order chi connectivity index (χ1) is 10.1. The number of halogens is 2. The summed E-state index contributed by atoms with van der Waals surface area (Å²) in [5, 5.41) is 0. The van der Waals surface area contributed by atoms with Crippen LogP contribution in [0, 0.1) is 13.8 Å². The molecule has 0 aliphatic heterocycles. The van der Waals surface area contributed by atoms with Crippen molar-refractivity contribution in [1.29, 1.82) is 0 Å². The summed E-state index contributed by atoms with van der Waals surface area (Å²) in [6.07, 6.45) is 0. The Morgan fingerprint density at radius 2 is 1.05 bits per heavy atom. The zero-order valence-corrected chi connectivity index (χ0v) is 15.0. The Bertz CT molecular complexity index is 737. The molecular weight excluding hydrogens is 392 g/mol. The van der Waals surface area contributed by atoms with Crippen molar-refractivity contribution in [2.75, 3.05) is 0 Å². The molecule has 0 unspecified atom stereocenters. The first kappa shape index (κ1) is 14.6. The number of benzene rings is 2. The Kier molecular flexibility index (Phi) is 4.05. The van der Waals surface area contributed by atoms with E-state index in [1.807, 2.05) is 38.1 Å². The van der Waals surface area contributed by atoms with Gasteiger partial charge in [0.2, 0.25) is 0 Å². The van der Waals surface area contributed by atoms with Crippen molar-refractivity contribution >= 4 is 31.9 Å². The van der Waals surface area contributed by atoms with E-state index in [9.17, 15) is 0 Å². The molecule has 0 fully saturated rings. The van der Waals surface area contributed by atoms with E-state index in [1.165, 1.54) is 0 Å². The highest BCUT2D eigenvalue weighted by molar-refractivity contribution is 9.11. The Labute approximate surface area is 141 Å². The zero-order chi connectivity index (χ0) is 15.0. The first-order valence-corrected chi connectivity index (χ1v) is 8.28. The van der Waals surface area contributed by atoms with Crippen LogP contribution < -0.4 is 0 Å². The molecule has 0 radical (unpaired) electrons. The molecule has 0 aliphatic rings. The first-order valence-electron chi connectivity index (χ1n) is 6.69. The van der Waals surface area contributed by atoms with Crippen molar-refractivity contribution < 1.29 is 4.42 Å². The van der Waals surface area contributed by atoms with E-state index in [0.717, 1.165) is 42.7 Å². The second-order valence-corrected chi connectivity index (χ2v) is 6.63. The topological polar surface area (TPSA) is 13.1 Å². The van der Waals surface area contributed by atoms with Crippen LogP contribution in [0.3, 0.4) is 0 Å². The molecule has 0 spiro atoms. The molecule has 0 N–H and O–H groups in total. The fourth-order valence-electron chi connectivity index (χ4n) is 2.66. The second kappa shape index (κ2) is 5.82. The molecule has 0 saturated carbocycles. The van der Waals surface area contributed by atoms with Crippen LogP contribution in [0.15, 0.2) is 61.9 Å². The van der Waals surface area contributed by atoms with Crippen LogP contribution in [0.2, 0.25) is 0 Å². The Balaban J connectivity index is 2.33. The molecule has 0 amide bonds. The molecule has 3 heteroatoms. The van der Waals surface area contributed by atoms with E-state index in [4.69, 9.17) is 4.42 Å². The summed E-state index contributed by atoms with van der Waals surface area (Å²) in [5.74, 6) is 1.87. The number of furan rings is 1. The average molecular weight is 406 g/mol. The second-order valence-electron chi connectivity index (χ2n) is 4.92. The fourth-order valence-corrected chi connectivity index (χ4v) is 3.63. The van der Waals surface area contributed by atoms with E-state index in [1.54, 1.807) is 0 Å². The number of hydrogen-bond donors (Lipinski definition) is 0. The SMILES string of the molecule is Cc1oc(C)c(-c2ccccc2Br)c1-c1ccccc1Br. The molecule has 0 aliphatic carbocycles. The summed E-state index contributed by atoms with van der Waals surface area (Å²) in [4.78, 5) is 0. The van der Waals surface area contributed by atoms with Crippen LogP contribution in [0.4, 0.5) is 0 Å². The minimum atomic E-state index is 0.935. The highest BCUT2D eigenvalue weighted by Crippen LogP contribution is 2.43. The lowest BCUT2D eigenvalue weighted by atomic mass is 9.95. The highest BCUT2D eigenvalue weighted by atomic mass is 79.9. The van der Waals surface area contributed by atoms with Gasteiger partial charge in [-0.05, 0) is 37.1 Å². The van der Waals surface area contributed by atoms with Crippen molar-refractivity contribution in [2.45, 2.75) is 13.8 Å². The van der Waals surface area contributed by atoms with Crippen LogP contribution in [0.25, 0.3) is 22.3 Å². The Morgan fingerprint density at radius 1 is 0.667 bits per heavy atom. The van der Waals surface area contributed by atoms with Gasteiger partial charge in [-0.15, -0.1) is 0 Å². The predicted molar refractivity (Wildman–Crippen MR) is 94.5 cm³/mol. The molecule has 2 aromatic carbocycles. The summed E-state index contributed by atoms with van der Waals surface area (Å²) in [6, 6.07) is 16.5. The van der Waals surface area contributed by atoms with Gasteiger partial charge < -0.3 is 4.42 Å². The Hall–Kier alpha value is -1.32. The summed E-state index contributed by atoms with van der Waals surface area (Å²) in [7, 11) is 0. The van der Waals surface area contributed by atoms with Crippen molar-refractivity contribution in [2.24, 2.45) is 0 Å². The van der Waals surface area contributed by atoms with Gasteiger partial charge in [0.25, 0.3) is 0 Å². The maximum absolute atomic E-state index is 5.92. The third kappa shape index (κ3) is 2.60. The van der Waals surface area contributed by atoms with Crippen LogP contribution in [-0.4, -0.2) is 0 Å². The van der Waals surface area contributed by atoms with Crippen LogP contribution in [-0.2, 0) is 0 Å². The lowest BCUT2D eigenvalue weighted by molar-refractivity contribution is 0.506. The molecule has 0 saturated heterocycles. The minimum absolute atomic E-state index is 0.935. The van der Waals surface area contributed by atoms with E-state index in [0.29, 0.717) is 0 Å². The quantitative estimate of drug-likeness (QED) is 0.459. The van der Waals surface area contributed by atoms with E-state index in [2.05, 4.69) is 56.1 Å². The Morgan fingerprint density at radius 3 is 1.43 bits per heavy atom. The lowest BCUT2D eigenvalue weighted by Crippen LogP contribution is -1.86. The monoisotopic (exact) mass is 404 g/mol. The lowest BCUT2D eigenvalue weighted by Gasteiger charge is -2.09. The van der Waals surface area contributed by atoms with Gasteiger partial charge in [-0.3, -0.25) is 0 Å². The standard InChI is InChI=1S/C18H14Br2O/c1-11-17(13-7-3-5-9-15(13)19)18(12(2)21-11)14-8-4-6-10-16(14)20/h3-10H,1-2H3. The summed E-state index contributed by atoms with van der Waals surface area (Å²) in [6.45, 7) is 4.03. The molecule has 106 valence electrons. The molecule has 3 rings (SSSR count). The van der Waals surface area contributed by atoms with Crippen LogP contribution in [0.5, 0.6) is 0 Å². The minimum Gasteiger partial charge on any atom is -0.465 e. The van der Waals surface area contributed by atoms with Crippen molar-refractivity contribution in [3.8, 4) is 22.3 Å². The van der Waals surface area contributed by atoms with Gasteiger partial charge in [-0.2, -0.15) is 0 Å². The van der Waals surface area contributed by atoms with Gasteiger partial charge in [0, 0.05) is 20.1 Å². The highest BCUT2D eigenvalue weighted by Gasteiger charge is 2.20. The maximum Gasteiger partial charge on any atom is 0.109 e. The molecule has 0 atom stereocenters. The van der Waals surface area contributed by atoms with Gasteiger partial charge >= 0.3 is 0 Å². The summed E-state index contributed by atoms with van der Waals surface area (Å²) >= 11 is 7.30. The third-order valence-electron chi connectivity index (χ3n) is 3.55. The summed E-state index contributed by atoms with van der Waals surface area (Å²) < 4.78 is 8.07. The molecule has 0 bridgehead atoms. The van der Waals surface area contributed by atoms with Crippen molar-refractivity contribution in [3.05, 3.63) is 69.0 Å². The average Bonchev–Trinajstić information content (AvgIpc) is 2.75. The molecule has 1 heterocycles. The molecular formula is C18H14Br2O. The van der Waals surface area contributed by atoms with Crippen LogP contribution >= 0.6 is 31.9 Å². The van der Waals surface area contributed by atoms with Crippen molar-refractivity contribution in [1.82, 2.24) is 0 Å². The molecule has 21 heavy (non-hydrogen) atoms. The van der Waals surface area contributed by atoms with Crippen LogP contribution in [0.1, 0.15) is 11.5 Å². The fraction of sp³-hybridized carbons (Fsp3) is 0.111. The molecule has 3 aromatic rings. The van der Waals surface area contributed by atoms with Gasteiger partial charge in [0.1, 0.15) is 11.5 Å². The third-order valence-corrected chi connectivity index (χ3v) is 4.93. The molecule has 1 aromatic heterocycles. The number of aryl methyl sites for hydroxylation is 2. The van der Waals surface area contributed by atoms with E-state index < -0.39 is 0 Å². The van der Waals surface area contributed by atoms with Gasteiger partial charge in [-0.1, -0.05) is 68.3 Å². The molecule has 1 nitrogen and oxygen atoms in total. The largest absolute Gasteiger partial charge is 0.465 e. The predicted octanol–water partition coefficient (Wildman–Crippen LogP) is 6.76. The van der Waals surface area contributed by atoms with Gasteiger partial charge in [0.15, 0.2) is 0 Å². The smallest absolute Gasteiger partial charge is 0.109 e. The van der Waals surface area contributed by atoms with Gasteiger partial charge in [-0.25, -0.2) is 0 Å². The van der Waals surface area contributed by atoms with Gasteiger partial charge in [0.05, 0.1) is 0 Å². The number of hydrogen-bond acceptors (Lipinski definition) is 1. The number of rotatable bonds is 2. The van der Waals surface area contributed by atoms with Crippen molar-refractivity contribution in [3.63, 3.8) is 0 Å². The maximum atomic E-state index is 5.92. The van der Waals surface area contributed by atoms with E-state index >= 15 is 0 Å². The summed E-state index contributed by atoms with van der Waals surface area (Å²) in [5.41, 5.74) is 4.59. The normalized spacial score (nSPS) is 10.9. The van der Waals surface area contributed by atoms with E-state index in [-0.39, 0.29) is 0 Å².